The Kier molecular flexibility index (Phi) is 32.0. The van der Waals surface area contributed by atoms with Crippen molar-refractivity contribution in [3.05, 3.63) is 36.5 Å². The molecule has 0 radical (unpaired) electrons. The molecule has 0 saturated carbocycles. The van der Waals surface area contributed by atoms with Crippen molar-refractivity contribution in [2.45, 2.75) is 199 Å². The van der Waals surface area contributed by atoms with Crippen LogP contribution in [0.5, 0.6) is 0 Å². The van der Waals surface area contributed by atoms with Crippen LogP contribution in [0.15, 0.2) is 36.5 Å². The normalized spacial score (nSPS) is 14.4. The molecule has 0 heterocycles. The van der Waals surface area contributed by atoms with Crippen molar-refractivity contribution in [1.82, 2.24) is 5.32 Å². The Morgan fingerprint density at radius 3 is 1.40 bits per heavy atom. The minimum absolute atomic E-state index is 0.272. The summed E-state index contributed by atoms with van der Waals surface area (Å²) in [6.07, 6.45) is 39.3. The SMILES string of the molecule is CCCCCCCCCCCCC/C=C/CC/C=C/CC/C=C/C(O)C(CS(=O)(=O)O)NC(=O)C(O)CCCCCCCCCCC. The number of carbonyl (C=O) groups is 1. The van der Waals surface area contributed by atoms with Crippen LogP contribution in [0, 0.1) is 0 Å². The maximum absolute atomic E-state index is 12.5. The number of rotatable bonds is 34. The number of hydrogen-bond donors (Lipinski definition) is 4. The van der Waals surface area contributed by atoms with Gasteiger partial charge in [0.15, 0.2) is 0 Å². The molecule has 7 nitrogen and oxygen atoms in total. The lowest BCUT2D eigenvalue weighted by Gasteiger charge is -2.22. The van der Waals surface area contributed by atoms with Crippen molar-refractivity contribution in [2.75, 3.05) is 5.75 Å². The van der Waals surface area contributed by atoms with E-state index in [9.17, 15) is 28.0 Å². The predicted molar refractivity (Wildman–Crippen MR) is 199 cm³/mol. The van der Waals surface area contributed by atoms with Gasteiger partial charge in [0.25, 0.3) is 10.1 Å². The van der Waals surface area contributed by atoms with Gasteiger partial charge in [-0.2, -0.15) is 8.42 Å². The topological polar surface area (TPSA) is 124 Å². The fourth-order valence-electron chi connectivity index (χ4n) is 5.66. The molecule has 276 valence electrons. The molecule has 0 bridgehead atoms. The van der Waals surface area contributed by atoms with E-state index < -0.39 is 40.0 Å². The number of aliphatic hydroxyl groups is 2. The first kappa shape index (κ1) is 45.5. The Bertz CT molecular complexity index is 901. The lowest BCUT2D eigenvalue weighted by atomic mass is 10.0. The van der Waals surface area contributed by atoms with Crippen LogP contribution in [-0.2, 0) is 14.9 Å². The highest BCUT2D eigenvalue weighted by molar-refractivity contribution is 7.85. The summed E-state index contributed by atoms with van der Waals surface area (Å²) < 4.78 is 32.4. The molecule has 1 amide bonds. The third kappa shape index (κ3) is 32.8. The zero-order valence-electron chi connectivity index (χ0n) is 30.3. The fourth-order valence-corrected chi connectivity index (χ4v) is 6.40. The van der Waals surface area contributed by atoms with Gasteiger partial charge in [-0.1, -0.05) is 172 Å². The number of aliphatic hydroxyl groups excluding tert-OH is 2. The van der Waals surface area contributed by atoms with Crippen LogP contribution in [0.2, 0.25) is 0 Å². The maximum Gasteiger partial charge on any atom is 0.267 e. The molecule has 3 atom stereocenters. The van der Waals surface area contributed by atoms with E-state index >= 15 is 0 Å². The van der Waals surface area contributed by atoms with Gasteiger partial charge in [0.1, 0.15) is 6.10 Å². The maximum atomic E-state index is 12.5. The number of unbranched alkanes of at least 4 members (excludes halogenated alkanes) is 21. The van der Waals surface area contributed by atoms with Gasteiger partial charge in [0, 0.05) is 0 Å². The molecular formula is C39H73NO6S. The zero-order chi connectivity index (χ0) is 34.9. The average Bonchev–Trinajstić information content (AvgIpc) is 3.03. The molecule has 0 aliphatic rings. The van der Waals surface area contributed by atoms with Crippen molar-refractivity contribution >= 4 is 16.0 Å². The van der Waals surface area contributed by atoms with Crippen LogP contribution in [-0.4, -0.2) is 53.1 Å². The molecule has 47 heavy (non-hydrogen) atoms. The number of amides is 1. The van der Waals surface area contributed by atoms with Crippen molar-refractivity contribution in [1.29, 1.82) is 0 Å². The van der Waals surface area contributed by atoms with E-state index in [1.165, 1.54) is 109 Å². The lowest BCUT2D eigenvalue weighted by Crippen LogP contribution is -2.50. The largest absolute Gasteiger partial charge is 0.387 e. The highest BCUT2D eigenvalue weighted by Gasteiger charge is 2.27. The van der Waals surface area contributed by atoms with Gasteiger partial charge in [-0.05, 0) is 44.9 Å². The van der Waals surface area contributed by atoms with Crippen molar-refractivity contribution in [2.24, 2.45) is 0 Å². The standard InChI is InChI=1S/C39H73NO6S/c1-3-5-7-9-11-13-14-15-16-17-18-19-20-21-22-23-24-26-27-29-31-33-37(41)36(35-47(44,45)46)40-39(43)38(42)34-32-30-28-25-12-10-8-6-4-2/h20-21,24,26,31,33,36-38,41-42H,3-19,22-23,25,27-30,32,34-35H2,1-2H3,(H,40,43)(H,44,45,46)/b21-20+,26-24+,33-31+. The van der Waals surface area contributed by atoms with E-state index in [1.807, 2.05) is 0 Å². The monoisotopic (exact) mass is 684 g/mol. The zero-order valence-corrected chi connectivity index (χ0v) is 31.1. The molecule has 4 N–H and O–H groups in total. The second-order valence-electron chi connectivity index (χ2n) is 13.3. The third-order valence-electron chi connectivity index (χ3n) is 8.65. The van der Waals surface area contributed by atoms with Gasteiger partial charge in [0.05, 0.1) is 17.9 Å². The summed E-state index contributed by atoms with van der Waals surface area (Å²) in [5, 5.41) is 23.2. The molecule has 0 aromatic carbocycles. The summed E-state index contributed by atoms with van der Waals surface area (Å²) in [5.41, 5.74) is 0. The van der Waals surface area contributed by atoms with Crippen LogP contribution in [0.25, 0.3) is 0 Å². The highest BCUT2D eigenvalue weighted by Crippen LogP contribution is 2.14. The van der Waals surface area contributed by atoms with Gasteiger partial charge < -0.3 is 15.5 Å². The van der Waals surface area contributed by atoms with Crippen LogP contribution in [0.3, 0.4) is 0 Å². The fraction of sp³-hybridized carbons (Fsp3) is 0.821. The molecule has 3 unspecified atom stereocenters. The average molecular weight is 684 g/mol. The third-order valence-corrected chi connectivity index (χ3v) is 9.44. The summed E-state index contributed by atoms with van der Waals surface area (Å²) in [7, 11) is -4.45. The first-order valence-electron chi connectivity index (χ1n) is 19.3. The molecule has 8 heteroatoms. The first-order chi connectivity index (χ1) is 22.7. The van der Waals surface area contributed by atoms with Gasteiger partial charge in [0.2, 0.25) is 5.91 Å². The number of carbonyl (C=O) groups excluding carboxylic acids is 1. The summed E-state index contributed by atoms with van der Waals surface area (Å²) in [6, 6.07) is -1.25. The van der Waals surface area contributed by atoms with E-state index in [2.05, 4.69) is 43.5 Å². The van der Waals surface area contributed by atoms with E-state index in [0.717, 1.165) is 44.9 Å². The van der Waals surface area contributed by atoms with E-state index in [4.69, 9.17) is 0 Å². The minimum atomic E-state index is -4.45. The minimum Gasteiger partial charge on any atom is -0.387 e. The first-order valence-corrected chi connectivity index (χ1v) is 20.9. The second-order valence-corrected chi connectivity index (χ2v) is 14.8. The van der Waals surface area contributed by atoms with Gasteiger partial charge in [-0.3, -0.25) is 9.35 Å². The van der Waals surface area contributed by atoms with Crippen molar-refractivity contribution in [3.8, 4) is 0 Å². The summed E-state index contributed by atoms with van der Waals surface area (Å²) in [5.74, 6) is -1.57. The van der Waals surface area contributed by atoms with Crippen LogP contribution in [0.4, 0.5) is 0 Å². The Balaban J connectivity index is 4.11. The quantitative estimate of drug-likeness (QED) is 0.0304. The Morgan fingerprint density at radius 2 is 0.957 bits per heavy atom. The molecule has 0 rings (SSSR count). The summed E-state index contributed by atoms with van der Waals surface area (Å²) in [4.78, 5) is 12.5. The van der Waals surface area contributed by atoms with Crippen molar-refractivity contribution < 1.29 is 28.0 Å². The summed E-state index contributed by atoms with van der Waals surface area (Å²) >= 11 is 0. The van der Waals surface area contributed by atoms with E-state index in [0.29, 0.717) is 12.8 Å². The van der Waals surface area contributed by atoms with Crippen LogP contribution in [0.1, 0.15) is 181 Å². The number of hydrogen-bond acceptors (Lipinski definition) is 5. The molecule has 0 aromatic rings. The summed E-state index contributed by atoms with van der Waals surface area (Å²) in [6.45, 7) is 4.46. The molecule has 0 fully saturated rings. The molecule has 0 aliphatic carbocycles. The van der Waals surface area contributed by atoms with Crippen molar-refractivity contribution in [3.63, 3.8) is 0 Å². The molecule has 0 aliphatic heterocycles. The Labute approximate surface area is 289 Å². The van der Waals surface area contributed by atoms with E-state index in [-0.39, 0.29) is 6.42 Å². The second kappa shape index (κ2) is 33.0. The van der Waals surface area contributed by atoms with Gasteiger partial charge in [-0.15, -0.1) is 0 Å². The van der Waals surface area contributed by atoms with Crippen LogP contribution < -0.4 is 5.32 Å². The molecule has 0 spiro atoms. The van der Waals surface area contributed by atoms with E-state index in [1.54, 1.807) is 6.08 Å². The van der Waals surface area contributed by atoms with Gasteiger partial charge >= 0.3 is 0 Å². The highest BCUT2D eigenvalue weighted by atomic mass is 32.2. The smallest absolute Gasteiger partial charge is 0.267 e. The van der Waals surface area contributed by atoms with Gasteiger partial charge in [-0.25, -0.2) is 0 Å². The number of allylic oxidation sites excluding steroid dienone is 5. The molecular weight excluding hydrogens is 610 g/mol. The molecule has 0 aromatic heterocycles. The molecule has 0 saturated heterocycles. The van der Waals surface area contributed by atoms with Crippen LogP contribution >= 0.6 is 0 Å². The Morgan fingerprint density at radius 1 is 0.574 bits per heavy atom. The Hall–Kier alpha value is -1.48. The predicted octanol–water partition coefficient (Wildman–Crippen LogP) is 9.93. The number of nitrogens with one attached hydrogen (secondary N) is 1. The lowest BCUT2D eigenvalue weighted by molar-refractivity contribution is -0.130.